The van der Waals surface area contributed by atoms with Gasteiger partial charge < -0.3 is 9.15 Å². The van der Waals surface area contributed by atoms with Crippen LogP contribution in [0.2, 0.25) is 0 Å². The molecule has 2 aromatic rings. The molecule has 3 aliphatic rings. The van der Waals surface area contributed by atoms with Gasteiger partial charge in [-0.1, -0.05) is 38.5 Å². The molecule has 8 nitrogen and oxygen atoms in total. The van der Waals surface area contributed by atoms with Crippen molar-refractivity contribution in [2.75, 3.05) is 7.11 Å². The molecule has 0 atom stereocenters. The van der Waals surface area contributed by atoms with Crippen molar-refractivity contribution in [1.29, 1.82) is 0 Å². The Morgan fingerprint density at radius 1 is 1.08 bits per heavy atom. The van der Waals surface area contributed by atoms with Crippen molar-refractivity contribution in [3.63, 3.8) is 0 Å². The largest absolute Gasteiger partial charge is 0.496 e. The summed E-state index contributed by atoms with van der Waals surface area (Å²) >= 11 is 1.44. The molecule has 0 unspecified atom stereocenters. The van der Waals surface area contributed by atoms with Gasteiger partial charge >= 0.3 is 0 Å². The molecule has 1 saturated heterocycles. The van der Waals surface area contributed by atoms with E-state index in [0.717, 1.165) is 43.7 Å². The van der Waals surface area contributed by atoms with Crippen LogP contribution in [0.3, 0.4) is 0 Å². The number of methoxy groups -OCH3 is 1. The maximum absolute atomic E-state index is 13.6. The van der Waals surface area contributed by atoms with Crippen molar-refractivity contribution in [1.82, 2.24) is 4.90 Å². The number of thioether (sulfide) groups is 1. The topological polar surface area (TPSA) is 98.2 Å². The zero-order valence-electron chi connectivity index (χ0n) is 20.5. The highest BCUT2D eigenvalue weighted by Crippen LogP contribution is 2.40. The van der Waals surface area contributed by atoms with E-state index in [9.17, 15) is 14.9 Å². The average Bonchev–Trinajstić information content (AvgIpc) is 3.49. The lowest BCUT2D eigenvalue weighted by atomic mass is 9.94. The fraction of sp³-hybridized carbons (Fsp3) is 0.481. The summed E-state index contributed by atoms with van der Waals surface area (Å²) in [5, 5.41) is 12.1. The lowest BCUT2D eigenvalue weighted by Crippen LogP contribution is -2.41. The third-order valence-corrected chi connectivity index (χ3v) is 8.20. The Labute approximate surface area is 214 Å². The molecule has 1 amide bonds. The zero-order valence-corrected chi connectivity index (χ0v) is 21.3. The summed E-state index contributed by atoms with van der Waals surface area (Å²) in [4.78, 5) is 32.0. The quantitative estimate of drug-likeness (QED) is 0.241. The van der Waals surface area contributed by atoms with Crippen molar-refractivity contribution in [2.24, 2.45) is 4.99 Å². The number of benzene rings is 1. The van der Waals surface area contributed by atoms with Gasteiger partial charge in [-0.15, -0.1) is 0 Å². The number of non-ortho nitro benzene ring substituents is 1. The lowest BCUT2D eigenvalue weighted by molar-refractivity contribution is -0.384. The molecule has 0 radical (unpaired) electrons. The molecular weight excluding hydrogens is 478 g/mol. The zero-order chi connectivity index (χ0) is 25.1. The molecular formula is C27H31N3O5S. The van der Waals surface area contributed by atoms with E-state index in [0.29, 0.717) is 27.7 Å². The molecule has 1 aliphatic heterocycles. The molecule has 1 aromatic heterocycles. The molecule has 2 heterocycles. The highest BCUT2D eigenvalue weighted by molar-refractivity contribution is 8.18. The van der Waals surface area contributed by atoms with E-state index in [2.05, 4.69) is 0 Å². The van der Waals surface area contributed by atoms with Crippen LogP contribution in [0.5, 0.6) is 5.75 Å². The van der Waals surface area contributed by atoms with Crippen LogP contribution in [0.4, 0.5) is 5.69 Å². The van der Waals surface area contributed by atoms with Gasteiger partial charge in [-0.25, -0.2) is 0 Å². The molecule has 190 valence electrons. The Morgan fingerprint density at radius 3 is 2.50 bits per heavy atom. The number of aliphatic imine (C=N–C) groups is 1. The van der Waals surface area contributed by atoms with Crippen molar-refractivity contribution in [2.45, 2.75) is 76.3 Å². The van der Waals surface area contributed by atoms with Crippen LogP contribution in [0.1, 0.15) is 70.0 Å². The highest BCUT2D eigenvalue weighted by atomic mass is 32.2. The summed E-state index contributed by atoms with van der Waals surface area (Å²) in [6.45, 7) is 0. The number of hydrogen-bond donors (Lipinski definition) is 0. The summed E-state index contributed by atoms with van der Waals surface area (Å²) in [6, 6.07) is 8.40. The van der Waals surface area contributed by atoms with Crippen LogP contribution in [-0.4, -0.2) is 40.1 Å². The Balaban J connectivity index is 1.44. The fourth-order valence-electron chi connectivity index (χ4n) is 5.31. The predicted octanol–water partition coefficient (Wildman–Crippen LogP) is 6.80. The number of rotatable bonds is 6. The van der Waals surface area contributed by atoms with Crippen molar-refractivity contribution < 1.29 is 18.9 Å². The van der Waals surface area contributed by atoms with E-state index < -0.39 is 4.92 Å². The smallest absolute Gasteiger partial charge is 0.270 e. The SMILES string of the molecule is COc1ccc([N+](=O)[O-])cc1-c1ccc(C=C2SC(=NC3CCCCC3)N(C3CCCCC3)C2=O)o1. The highest BCUT2D eigenvalue weighted by Gasteiger charge is 2.39. The summed E-state index contributed by atoms with van der Waals surface area (Å²) in [6.07, 6.45) is 13.1. The molecule has 0 spiro atoms. The average molecular weight is 510 g/mol. The van der Waals surface area contributed by atoms with E-state index >= 15 is 0 Å². The van der Waals surface area contributed by atoms with Gasteiger partial charge in [-0.05, 0) is 55.6 Å². The van der Waals surface area contributed by atoms with Crippen LogP contribution in [-0.2, 0) is 4.79 Å². The van der Waals surface area contributed by atoms with E-state index in [-0.39, 0.29) is 23.7 Å². The van der Waals surface area contributed by atoms with Crippen molar-refractivity contribution in [3.8, 4) is 17.1 Å². The molecule has 0 N–H and O–H groups in total. The molecule has 1 aromatic carbocycles. The molecule has 36 heavy (non-hydrogen) atoms. The normalized spacial score (nSPS) is 22.0. The molecule has 9 heteroatoms. The number of furan rings is 1. The number of ether oxygens (including phenoxy) is 1. The molecule has 0 bridgehead atoms. The van der Waals surface area contributed by atoms with Gasteiger partial charge in [0.05, 0.1) is 28.5 Å². The second kappa shape index (κ2) is 10.9. The predicted molar refractivity (Wildman–Crippen MR) is 141 cm³/mol. The Bertz CT molecular complexity index is 1190. The van der Waals surface area contributed by atoms with E-state index in [4.69, 9.17) is 14.1 Å². The van der Waals surface area contributed by atoms with Gasteiger partial charge in [0.2, 0.25) is 0 Å². The number of amides is 1. The van der Waals surface area contributed by atoms with Crippen molar-refractivity contribution >= 4 is 34.6 Å². The second-order valence-electron chi connectivity index (χ2n) is 9.62. The molecule has 3 fully saturated rings. The number of nitro benzene ring substituents is 1. The summed E-state index contributed by atoms with van der Waals surface area (Å²) < 4.78 is 11.4. The first-order valence-electron chi connectivity index (χ1n) is 12.8. The summed E-state index contributed by atoms with van der Waals surface area (Å²) in [5.41, 5.74) is 0.445. The van der Waals surface area contributed by atoms with Gasteiger partial charge in [0.1, 0.15) is 17.3 Å². The maximum atomic E-state index is 13.6. The standard InChI is InChI=1S/C27H31N3O5S/c1-34-23-14-12-20(30(32)33)16-22(23)24-15-13-21(35-24)17-25-26(31)29(19-10-6-3-7-11-19)27(36-25)28-18-8-4-2-5-9-18/h12-19H,2-11H2,1H3. The van der Waals surface area contributed by atoms with Crippen LogP contribution in [0.25, 0.3) is 17.4 Å². The number of amidine groups is 1. The first-order valence-corrected chi connectivity index (χ1v) is 13.6. The summed E-state index contributed by atoms with van der Waals surface area (Å²) in [7, 11) is 1.51. The van der Waals surface area contributed by atoms with Gasteiger partial charge in [0.15, 0.2) is 5.17 Å². The Kier molecular flexibility index (Phi) is 7.46. The number of nitro groups is 1. The minimum Gasteiger partial charge on any atom is -0.496 e. The molecule has 2 aliphatic carbocycles. The second-order valence-corrected chi connectivity index (χ2v) is 10.6. The third kappa shape index (κ3) is 5.21. The Hall–Kier alpha value is -3.07. The van der Waals surface area contributed by atoms with Gasteiger partial charge in [0.25, 0.3) is 11.6 Å². The molecule has 5 rings (SSSR count). The van der Waals surface area contributed by atoms with Crippen LogP contribution in [0.15, 0.2) is 44.6 Å². The molecule has 2 saturated carbocycles. The monoisotopic (exact) mass is 509 g/mol. The van der Waals surface area contributed by atoms with Gasteiger partial charge in [-0.2, -0.15) is 0 Å². The number of nitrogens with zero attached hydrogens (tertiary/aromatic N) is 3. The van der Waals surface area contributed by atoms with E-state index in [1.807, 2.05) is 4.90 Å². The van der Waals surface area contributed by atoms with Crippen LogP contribution in [0, 0.1) is 10.1 Å². The van der Waals surface area contributed by atoms with Gasteiger partial charge in [0, 0.05) is 24.3 Å². The van der Waals surface area contributed by atoms with Crippen LogP contribution >= 0.6 is 11.8 Å². The summed E-state index contributed by atoms with van der Waals surface area (Å²) in [5.74, 6) is 1.42. The fourth-order valence-corrected chi connectivity index (χ4v) is 6.40. The first kappa shape index (κ1) is 24.6. The first-order chi connectivity index (χ1) is 17.5. The lowest BCUT2D eigenvalue weighted by Gasteiger charge is -2.31. The van der Waals surface area contributed by atoms with Crippen LogP contribution < -0.4 is 4.74 Å². The Morgan fingerprint density at radius 2 is 1.81 bits per heavy atom. The third-order valence-electron chi connectivity index (χ3n) is 7.20. The number of hydrogen-bond acceptors (Lipinski definition) is 7. The number of carbonyl (C=O) groups is 1. The maximum Gasteiger partial charge on any atom is 0.270 e. The minimum atomic E-state index is -0.449. The number of carbonyl (C=O) groups excluding carboxylic acids is 1. The van der Waals surface area contributed by atoms with E-state index in [1.165, 1.54) is 56.7 Å². The van der Waals surface area contributed by atoms with E-state index in [1.54, 1.807) is 24.3 Å². The minimum absolute atomic E-state index is 0.00709. The van der Waals surface area contributed by atoms with Gasteiger partial charge in [-0.3, -0.25) is 24.8 Å². The van der Waals surface area contributed by atoms with Crippen molar-refractivity contribution in [3.05, 3.63) is 51.1 Å².